The highest BCUT2D eigenvalue weighted by atomic mass is 19.2. The summed E-state index contributed by atoms with van der Waals surface area (Å²) in [6.07, 6.45) is 1.45. The lowest BCUT2D eigenvalue weighted by molar-refractivity contribution is -0.428. The summed E-state index contributed by atoms with van der Waals surface area (Å²) >= 11 is 0. The predicted octanol–water partition coefficient (Wildman–Crippen LogP) is 2.56. The Hall–Kier alpha value is -2.11. The normalized spacial score (nSPS) is 10.7. The van der Waals surface area contributed by atoms with Crippen LogP contribution in [0.15, 0.2) is 24.4 Å². The zero-order valence-electron chi connectivity index (χ0n) is 10.0. The molecule has 0 fully saturated rings. The molecule has 2 aromatic rings. The topological polar surface area (TPSA) is 37.9 Å². The van der Waals surface area contributed by atoms with Crippen LogP contribution in [0.5, 0.6) is 0 Å². The third-order valence-electron chi connectivity index (χ3n) is 2.73. The van der Waals surface area contributed by atoms with E-state index in [9.17, 15) is 13.7 Å². The van der Waals surface area contributed by atoms with Crippen LogP contribution >= 0.6 is 0 Å². The van der Waals surface area contributed by atoms with E-state index in [1.165, 1.54) is 19.3 Å². The molecule has 0 atom stereocenters. The fourth-order valence-electron chi connectivity index (χ4n) is 1.72. The van der Waals surface area contributed by atoms with Crippen molar-refractivity contribution < 1.29 is 13.5 Å². The van der Waals surface area contributed by atoms with Crippen LogP contribution in [0.4, 0.5) is 14.5 Å². The molecule has 0 unspecified atom stereocenters. The molecule has 6 heteroatoms. The van der Waals surface area contributed by atoms with E-state index in [1.807, 2.05) is 0 Å². The van der Waals surface area contributed by atoms with E-state index in [0.717, 1.165) is 12.1 Å². The first-order valence-electron chi connectivity index (χ1n) is 5.36. The molecule has 94 valence electrons. The van der Waals surface area contributed by atoms with Gasteiger partial charge in [0.2, 0.25) is 0 Å². The molecule has 1 aromatic carbocycles. The lowest BCUT2D eigenvalue weighted by Gasteiger charge is -2.04. The van der Waals surface area contributed by atoms with Gasteiger partial charge in [-0.1, -0.05) is 6.07 Å². The second kappa shape index (κ2) is 4.64. The van der Waals surface area contributed by atoms with Gasteiger partial charge in [0.15, 0.2) is 18.7 Å². The molecule has 0 aliphatic rings. The summed E-state index contributed by atoms with van der Waals surface area (Å²) in [5.41, 5.74) is 1.72. The molecule has 0 spiro atoms. The van der Waals surface area contributed by atoms with Crippen LogP contribution in [-0.4, -0.2) is 21.6 Å². The fraction of sp³-hybridized carbons (Fsp3) is 0.250. The van der Waals surface area contributed by atoms with Crippen molar-refractivity contribution in [2.24, 2.45) is 0 Å². The quantitative estimate of drug-likeness (QED) is 0.787. The molecule has 1 aromatic heterocycles. The number of halogens is 2. The SMILES string of the molecule is Cc1c([N+](C)=O)cnn1Cc1ccc(F)c(F)c1. The van der Waals surface area contributed by atoms with Crippen LogP contribution in [-0.2, 0) is 6.54 Å². The van der Waals surface area contributed by atoms with Crippen LogP contribution < -0.4 is 0 Å². The van der Waals surface area contributed by atoms with Crippen molar-refractivity contribution in [3.8, 4) is 0 Å². The van der Waals surface area contributed by atoms with E-state index in [1.54, 1.807) is 11.6 Å². The summed E-state index contributed by atoms with van der Waals surface area (Å²) < 4.78 is 28.1. The first kappa shape index (κ1) is 12.3. The number of aromatic nitrogens is 2. The monoisotopic (exact) mass is 252 g/mol. The molecule has 2 rings (SSSR count). The van der Waals surface area contributed by atoms with Crippen LogP contribution in [0.2, 0.25) is 0 Å². The number of nitroso groups, excluding NO2 is 1. The Labute approximate surface area is 102 Å². The molecule has 18 heavy (non-hydrogen) atoms. The molecule has 0 saturated carbocycles. The van der Waals surface area contributed by atoms with Crippen molar-refractivity contribution in [1.82, 2.24) is 9.78 Å². The van der Waals surface area contributed by atoms with Gasteiger partial charge in [-0.3, -0.25) is 4.68 Å². The first-order chi connectivity index (χ1) is 8.49. The number of hydrogen-bond donors (Lipinski definition) is 0. The molecule has 4 nitrogen and oxygen atoms in total. The van der Waals surface area contributed by atoms with Gasteiger partial charge in [-0.2, -0.15) is 5.10 Å². The Morgan fingerprint density at radius 3 is 2.61 bits per heavy atom. The Kier molecular flexibility index (Phi) is 3.18. The Morgan fingerprint density at radius 1 is 1.33 bits per heavy atom. The molecule has 0 radical (unpaired) electrons. The third-order valence-corrected chi connectivity index (χ3v) is 2.73. The largest absolute Gasteiger partial charge is 0.296 e. The summed E-state index contributed by atoms with van der Waals surface area (Å²) in [6.45, 7) is 2.04. The smallest absolute Gasteiger partial charge is 0.258 e. The van der Waals surface area contributed by atoms with Gasteiger partial charge in [0.1, 0.15) is 11.9 Å². The molecule has 0 bridgehead atoms. The van der Waals surface area contributed by atoms with Crippen molar-refractivity contribution in [3.63, 3.8) is 0 Å². The molecule has 0 saturated heterocycles. The highest BCUT2D eigenvalue weighted by molar-refractivity contribution is 5.32. The second-order valence-corrected chi connectivity index (χ2v) is 4.02. The second-order valence-electron chi connectivity index (χ2n) is 4.02. The molecular weight excluding hydrogens is 240 g/mol. The summed E-state index contributed by atoms with van der Waals surface area (Å²) in [5.74, 6) is -1.77. The standard InChI is InChI=1S/C12H12F2N3O/c1-8-12(16(2)18)6-15-17(8)7-9-3-4-10(13)11(14)5-9/h3-6H,7H2,1-2H3/q+1. The lowest BCUT2D eigenvalue weighted by atomic mass is 10.2. The van der Waals surface area contributed by atoms with Gasteiger partial charge >= 0.3 is 0 Å². The zero-order valence-corrected chi connectivity index (χ0v) is 10.0. The van der Waals surface area contributed by atoms with E-state index in [4.69, 9.17) is 0 Å². The first-order valence-corrected chi connectivity index (χ1v) is 5.36. The molecular formula is C12H12F2N3O+. The van der Waals surface area contributed by atoms with Crippen molar-refractivity contribution in [2.75, 3.05) is 7.05 Å². The molecule has 0 aliphatic carbocycles. The van der Waals surface area contributed by atoms with Crippen molar-refractivity contribution in [3.05, 3.63) is 52.2 Å². The summed E-state index contributed by atoms with van der Waals surface area (Å²) in [5, 5.41) is 4.04. The summed E-state index contributed by atoms with van der Waals surface area (Å²) in [7, 11) is 1.38. The van der Waals surface area contributed by atoms with Gasteiger partial charge in [-0.05, 0) is 24.6 Å². The fourth-order valence-corrected chi connectivity index (χ4v) is 1.72. The van der Waals surface area contributed by atoms with Crippen LogP contribution in [0.1, 0.15) is 11.3 Å². The summed E-state index contributed by atoms with van der Waals surface area (Å²) in [4.78, 5) is 11.2. The molecule has 1 heterocycles. The van der Waals surface area contributed by atoms with Gasteiger partial charge in [-0.25, -0.2) is 8.78 Å². The Balaban J connectivity index is 2.29. The number of benzene rings is 1. The highest BCUT2D eigenvalue weighted by Gasteiger charge is 2.17. The highest BCUT2D eigenvalue weighted by Crippen LogP contribution is 2.17. The van der Waals surface area contributed by atoms with Gasteiger partial charge in [0.05, 0.1) is 6.54 Å². The maximum atomic E-state index is 13.1. The van der Waals surface area contributed by atoms with Crippen molar-refractivity contribution in [1.29, 1.82) is 0 Å². The minimum atomic E-state index is -0.890. The van der Waals surface area contributed by atoms with E-state index in [2.05, 4.69) is 5.10 Å². The number of rotatable bonds is 3. The van der Waals surface area contributed by atoms with Crippen LogP contribution in [0.3, 0.4) is 0 Å². The van der Waals surface area contributed by atoms with Crippen molar-refractivity contribution in [2.45, 2.75) is 13.5 Å². The average Bonchev–Trinajstić information content (AvgIpc) is 2.66. The maximum Gasteiger partial charge on any atom is 0.296 e. The minimum Gasteiger partial charge on any atom is -0.258 e. The van der Waals surface area contributed by atoms with E-state index in [-0.39, 0.29) is 6.54 Å². The molecule has 0 amide bonds. The van der Waals surface area contributed by atoms with Gasteiger partial charge in [-0.15, -0.1) is 0 Å². The summed E-state index contributed by atoms with van der Waals surface area (Å²) in [6, 6.07) is 3.68. The average molecular weight is 252 g/mol. The van der Waals surface area contributed by atoms with Crippen LogP contribution in [0, 0.1) is 23.5 Å². The number of nitrogens with zero attached hydrogens (tertiary/aromatic N) is 3. The van der Waals surface area contributed by atoms with Gasteiger partial charge in [0.25, 0.3) is 5.69 Å². The Morgan fingerprint density at radius 2 is 2.06 bits per heavy atom. The van der Waals surface area contributed by atoms with Crippen molar-refractivity contribution >= 4 is 5.69 Å². The van der Waals surface area contributed by atoms with Gasteiger partial charge in [0, 0.05) is 9.67 Å². The third kappa shape index (κ3) is 2.27. The van der Waals surface area contributed by atoms with Crippen LogP contribution in [0.25, 0.3) is 0 Å². The maximum absolute atomic E-state index is 13.1. The molecule has 0 aliphatic heterocycles. The van der Waals surface area contributed by atoms with E-state index in [0.29, 0.717) is 21.7 Å². The van der Waals surface area contributed by atoms with E-state index < -0.39 is 11.6 Å². The zero-order chi connectivity index (χ0) is 13.3. The minimum absolute atomic E-state index is 0.289. The predicted molar refractivity (Wildman–Crippen MR) is 61.6 cm³/mol. The number of hydrogen-bond acceptors (Lipinski definition) is 2. The molecule has 0 N–H and O–H groups in total. The van der Waals surface area contributed by atoms with E-state index >= 15 is 0 Å². The Bertz CT molecular complexity index is 607. The van der Waals surface area contributed by atoms with Gasteiger partial charge < -0.3 is 0 Å². The lowest BCUT2D eigenvalue weighted by Crippen LogP contribution is -2.05.